The summed E-state index contributed by atoms with van der Waals surface area (Å²) in [7, 11) is 0. The van der Waals surface area contributed by atoms with Crippen LogP contribution < -0.4 is 49.1 Å². The number of carboxylic acids is 2. The SMILES string of the molecule is CC[C@H](C)[C@H](NC(=O)[C@@H]1CCCN1C(=O)[C@@H]1CCCN1C(=O)[C@@H]1CCCN1C(=O)[C@H](CO)NC(=O)[C@H](CC(C)C)NC(=O)[C@H](CCC(=O)O)NC(=O)CN)C(=O)N1CCC[C@H]1C(=O)N1CCC[C@H]1C(=O)N[C@@H](CCCN=C(N)N)C(=O)N[C@@H](CC(C)C)C(=O)O. The Hall–Kier alpha value is -7.70. The summed E-state index contributed by atoms with van der Waals surface area (Å²) >= 11 is 0. The summed E-state index contributed by atoms with van der Waals surface area (Å²) in [6.45, 7) is 10.3. The number of hydrogen-bond donors (Lipinski definition) is 12. The van der Waals surface area contributed by atoms with Gasteiger partial charge < -0.3 is 88.9 Å². The number of amides is 11. The van der Waals surface area contributed by atoms with Crippen LogP contribution >= 0.6 is 0 Å². The fraction of sp³-hybridized carbons (Fsp3) is 0.763. The maximum absolute atomic E-state index is 14.8. The second-order valence-corrected chi connectivity index (χ2v) is 25.1. The zero-order valence-corrected chi connectivity index (χ0v) is 52.8. The van der Waals surface area contributed by atoms with Crippen LogP contribution in [0.25, 0.3) is 0 Å². The van der Waals surface area contributed by atoms with Crippen molar-refractivity contribution in [3.63, 3.8) is 0 Å². The zero-order valence-electron chi connectivity index (χ0n) is 52.8. The van der Waals surface area contributed by atoms with Crippen LogP contribution in [0.15, 0.2) is 4.99 Å². The molecule has 5 saturated heterocycles. The minimum atomic E-state index is -1.57. The number of aliphatic hydroxyl groups is 1. The van der Waals surface area contributed by atoms with Gasteiger partial charge in [0.05, 0.1) is 13.2 Å². The van der Waals surface area contributed by atoms with Crippen molar-refractivity contribution in [2.45, 2.75) is 217 Å². The first-order valence-electron chi connectivity index (χ1n) is 31.8. The van der Waals surface area contributed by atoms with Crippen LogP contribution in [0.5, 0.6) is 0 Å². The van der Waals surface area contributed by atoms with Gasteiger partial charge in [-0.1, -0.05) is 48.0 Å². The van der Waals surface area contributed by atoms with Gasteiger partial charge in [0.25, 0.3) is 0 Å². The normalized spacial score (nSPS) is 22.2. The highest BCUT2D eigenvalue weighted by Crippen LogP contribution is 2.31. The fourth-order valence-electron chi connectivity index (χ4n) is 12.6. The van der Waals surface area contributed by atoms with Crippen LogP contribution in [0.2, 0.25) is 0 Å². The van der Waals surface area contributed by atoms with Crippen molar-refractivity contribution in [2.24, 2.45) is 39.9 Å². The summed E-state index contributed by atoms with van der Waals surface area (Å²) in [6, 6.07) is -12.9. The Bertz CT molecular complexity index is 2640. The molecule has 31 heteroatoms. The lowest BCUT2D eigenvalue weighted by atomic mass is 9.96. The van der Waals surface area contributed by atoms with Gasteiger partial charge in [-0.05, 0) is 114 Å². The molecule has 504 valence electrons. The number of aliphatic carboxylic acids is 2. The molecule has 0 aromatic carbocycles. The first kappa shape index (κ1) is 73.0. The molecule has 0 spiro atoms. The van der Waals surface area contributed by atoms with Gasteiger partial charge in [-0.25, -0.2) is 4.79 Å². The van der Waals surface area contributed by atoms with Crippen LogP contribution in [-0.2, 0) is 62.3 Å². The van der Waals surface area contributed by atoms with Crippen LogP contribution in [0.1, 0.15) is 151 Å². The van der Waals surface area contributed by atoms with Crippen molar-refractivity contribution in [1.29, 1.82) is 0 Å². The second-order valence-electron chi connectivity index (χ2n) is 25.1. The Morgan fingerprint density at radius 2 is 0.922 bits per heavy atom. The van der Waals surface area contributed by atoms with Gasteiger partial charge in [-0.3, -0.25) is 62.5 Å². The number of aliphatic imine (C=N–C) groups is 1. The molecule has 0 saturated carbocycles. The molecule has 5 aliphatic heterocycles. The number of nitrogens with zero attached hydrogens (tertiary/aromatic N) is 6. The van der Waals surface area contributed by atoms with Gasteiger partial charge >= 0.3 is 11.9 Å². The summed E-state index contributed by atoms with van der Waals surface area (Å²) in [5.41, 5.74) is 16.4. The van der Waals surface area contributed by atoms with E-state index in [2.05, 4.69) is 36.9 Å². The minimum Gasteiger partial charge on any atom is -0.481 e. The van der Waals surface area contributed by atoms with E-state index in [1.54, 1.807) is 20.8 Å². The van der Waals surface area contributed by atoms with Gasteiger partial charge in [0, 0.05) is 45.7 Å². The van der Waals surface area contributed by atoms with Crippen LogP contribution in [0.3, 0.4) is 0 Å². The Balaban J connectivity index is 1.25. The molecule has 0 bridgehead atoms. The van der Waals surface area contributed by atoms with E-state index in [1.165, 1.54) is 24.5 Å². The number of likely N-dealkylation sites (tertiary alicyclic amines) is 5. The van der Waals surface area contributed by atoms with E-state index in [0.29, 0.717) is 38.5 Å². The molecular formula is C59H97N15O16. The lowest BCUT2D eigenvalue weighted by Crippen LogP contribution is -2.61. The third kappa shape index (κ3) is 19.7. The molecule has 0 unspecified atom stereocenters. The highest BCUT2D eigenvalue weighted by molar-refractivity contribution is 6.00. The first-order valence-corrected chi connectivity index (χ1v) is 31.8. The molecule has 31 nitrogen and oxygen atoms in total. The van der Waals surface area contributed by atoms with Gasteiger partial charge in [-0.2, -0.15) is 0 Å². The lowest BCUT2D eigenvalue weighted by Gasteiger charge is -2.36. The number of guanidine groups is 1. The topological polar surface area (TPSA) is 461 Å². The van der Waals surface area contributed by atoms with E-state index in [9.17, 15) is 77.6 Å². The molecule has 0 aromatic rings. The van der Waals surface area contributed by atoms with Crippen molar-refractivity contribution in [1.82, 2.24) is 56.4 Å². The number of rotatable bonds is 32. The molecule has 5 fully saturated rings. The van der Waals surface area contributed by atoms with E-state index in [-0.39, 0.29) is 121 Å². The minimum absolute atomic E-state index is 0.0387. The zero-order chi connectivity index (χ0) is 66.7. The van der Waals surface area contributed by atoms with E-state index < -0.39 is 169 Å². The molecule has 12 atom stereocenters. The summed E-state index contributed by atoms with van der Waals surface area (Å²) in [4.78, 5) is 189. The van der Waals surface area contributed by atoms with Gasteiger partial charge in [-0.15, -0.1) is 0 Å². The van der Waals surface area contributed by atoms with Crippen LogP contribution in [-0.4, -0.2) is 242 Å². The van der Waals surface area contributed by atoms with E-state index in [4.69, 9.17) is 17.2 Å². The van der Waals surface area contributed by atoms with E-state index in [0.717, 1.165) is 0 Å². The second kappa shape index (κ2) is 34.5. The maximum atomic E-state index is 14.8. The summed E-state index contributed by atoms with van der Waals surface area (Å²) < 4.78 is 0. The van der Waals surface area contributed by atoms with Crippen molar-refractivity contribution in [2.75, 3.05) is 52.4 Å². The monoisotopic (exact) mass is 1270 g/mol. The van der Waals surface area contributed by atoms with Gasteiger partial charge in [0.2, 0.25) is 65.0 Å². The quantitative estimate of drug-likeness (QED) is 0.0181. The predicted molar refractivity (Wildman–Crippen MR) is 324 cm³/mol. The maximum Gasteiger partial charge on any atom is 0.326 e. The molecule has 0 radical (unpaired) electrons. The number of aliphatic hydroxyl groups excluding tert-OH is 1. The van der Waals surface area contributed by atoms with Gasteiger partial charge in [0.15, 0.2) is 5.96 Å². The molecule has 0 aromatic heterocycles. The number of carbonyl (C=O) groups is 13. The predicted octanol–water partition coefficient (Wildman–Crippen LogP) is -3.06. The van der Waals surface area contributed by atoms with Crippen LogP contribution in [0.4, 0.5) is 0 Å². The molecule has 0 aliphatic carbocycles. The largest absolute Gasteiger partial charge is 0.481 e. The summed E-state index contributed by atoms with van der Waals surface area (Å²) in [5, 5.41) is 45.2. The summed E-state index contributed by atoms with van der Waals surface area (Å²) in [6.07, 6.45) is 3.43. The number of nitrogens with one attached hydrogen (secondary N) is 6. The van der Waals surface area contributed by atoms with E-state index in [1.807, 2.05) is 20.8 Å². The van der Waals surface area contributed by atoms with Crippen molar-refractivity contribution < 1.29 is 77.6 Å². The van der Waals surface area contributed by atoms with Crippen LogP contribution in [0, 0.1) is 17.8 Å². The average molecular weight is 1270 g/mol. The molecule has 15 N–H and O–H groups in total. The molecule has 90 heavy (non-hydrogen) atoms. The van der Waals surface area contributed by atoms with Crippen molar-refractivity contribution in [3.8, 4) is 0 Å². The smallest absolute Gasteiger partial charge is 0.326 e. The molecule has 5 rings (SSSR count). The fourth-order valence-corrected chi connectivity index (χ4v) is 12.6. The molecular weight excluding hydrogens is 1170 g/mol. The Morgan fingerprint density at radius 1 is 0.511 bits per heavy atom. The molecule has 5 aliphatic rings. The Kier molecular flexibility index (Phi) is 28.0. The average Bonchev–Trinajstić information content (AvgIpc) is 1.67. The number of carbonyl (C=O) groups excluding carboxylic acids is 11. The first-order chi connectivity index (χ1) is 42.6. The highest BCUT2D eigenvalue weighted by Gasteiger charge is 2.49. The molecule has 11 amide bonds. The summed E-state index contributed by atoms with van der Waals surface area (Å²) in [5.74, 6) is -10.6. The highest BCUT2D eigenvalue weighted by atomic mass is 16.4. The van der Waals surface area contributed by atoms with Crippen molar-refractivity contribution >= 4 is 82.9 Å². The third-order valence-electron chi connectivity index (χ3n) is 17.4. The van der Waals surface area contributed by atoms with Gasteiger partial charge in [0.1, 0.15) is 66.5 Å². The Labute approximate surface area is 524 Å². The Morgan fingerprint density at radius 3 is 1.38 bits per heavy atom. The number of hydrogen-bond acceptors (Lipinski definition) is 16. The lowest BCUT2D eigenvalue weighted by molar-refractivity contribution is -0.152. The molecule has 5 heterocycles. The number of carboxylic acid groups (broad SMARTS) is 2. The van der Waals surface area contributed by atoms with Crippen molar-refractivity contribution in [3.05, 3.63) is 0 Å². The third-order valence-corrected chi connectivity index (χ3v) is 17.4. The van der Waals surface area contributed by atoms with E-state index >= 15 is 0 Å². The standard InChI is InChI=1S/C59H97N15O16/c1-7-34(6)47(57(88)74-27-13-19-44(74)55(86)70-23-9-15-40(70)51(82)65-35(14-8-22-63-59(61)62)48(79)67-38(58(89)90)29-33(4)5)69-52(83)41-16-10-24-71(41)54(85)43-18-12-26-73(43)56(87)42-17-11-25-72(42)53(84)39(31-75)68-50(81)37(28-32(2)3)66-49(80)36(20-21-46(77)78)64-45(76)30-60/h32-44,47,75H,7-31,60H2,1-6H3,(H,64,76)(H,65,82)(H,66,80)(H,67,79)(H,68,81)(H,69,83)(H,77,78)(H,89,90)(H4,61,62,63)/t34-,35-,36-,37-,38-,39-,40-,41-,42-,43-,44-,47-/m0/s1. The number of nitrogens with two attached hydrogens (primary N) is 3.